The van der Waals surface area contributed by atoms with Gasteiger partial charge in [0.25, 0.3) is 5.91 Å². The van der Waals surface area contributed by atoms with Gasteiger partial charge in [-0.25, -0.2) is 4.98 Å². The quantitative estimate of drug-likeness (QED) is 0.269. The average Bonchev–Trinajstić information content (AvgIpc) is 3.42. The lowest BCUT2D eigenvalue weighted by Gasteiger charge is -2.23. The number of aromatic nitrogens is 1. The number of methoxy groups -OCH3 is 5. The molecule has 0 atom stereocenters. The summed E-state index contributed by atoms with van der Waals surface area (Å²) in [5.41, 5.74) is 2.60. The Balaban J connectivity index is 1.75. The molecule has 0 bridgehead atoms. The first-order valence-electron chi connectivity index (χ1n) is 12.4. The molecule has 0 unspecified atom stereocenters. The van der Waals surface area contributed by atoms with E-state index in [1.54, 1.807) is 35.5 Å². The number of nitrogens with one attached hydrogen (secondary N) is 1. The minimum absolute atomic E-state index is 0.169. The summed E-state index contributed by atoms with van der Waals surface area (Å²) in [6.07, 6.45) is 1.55. The molecule has 0 aliphatic rings. The minimum Gasteiger partial charge on any atom is -0.497 e. The summed E-state index contributed by atoms with van der Waals surface area (Å²) in [5.74, 6) is 2.73. The lowest BCUT2D eigenvalue weighted by atomic mass is 10.1. The first kappa shape index (κ1) is 29.2. The Morgan fingerprint density at radius 1 is 0.921 bits per heavy atom. The minimum atomic E-state index is -0.169. The van der Waals surface area contributed by atoms with Gasteiger partial charge in [0.05, 0.1) is 35.0 Å². The third-order valence-corrected chi connectivity index (χ3v) is 6.84. The molecule has 0 fully saturated rings. The van der Waals surface area contributed by atoms with E-state index in [1.165, 1.54) is 11.3 Å². The first-order valence-corrected chi connectivity index (χ1v) is 13.2. The molecule has 0 spiro atoms. The van der Waals surface area contributed by atoms with Crippen molar-refractivity contribution in [2.45, 2.75) is 25.9 Å². The molecule has 0 aliphatic heterocycles. The second-order valence-corrected chi connectivity index (χ2v) is 9.50. The van der Waals surface area contributed by atoms with Crippen LogP contribution in [-0.4, -0.2) is 71.0 Å². The SMILES string of the molecule is COCCCNC(=O)c1csc(CN(CCc2ccc(OC)c(OC)c2)Cc2ccc(OC)cc2OC)n1. The van der Waals surface area contributed by atoms with Crippen molar-refractivity contribution in [2.24, 2.45) is 0 Å². The van der Waals surface area contributed by atoms with Crippen LogP contribution in [0, 0.1) is 0 Å². The highest BCUT2D eigenvalue weighted by molar-refractivity contribution is 7.09. The van der Waals surface area contributed by atoms with Gasteiger partial charge in [0.15, 0.2) is 11.5 Å². The van der Waals surface area contributed by atoms with Crippen LogP contribution >= 0.6 is 11.3 Å². The number of amides is 1. The van der Waals surface area contributed by atoms with Gasteiger partial charge in [-0.05, 0) is 36.6 Å². The molecule has 1 heterocycles. The van der Waals surface area contributed by atoms with E-state index >= 15 is 0 Å². The number of hydrogen-bond donors (Lipinski definition) is 1. The van der Waals surface area contributed by atoms with Crippen LogP contribution in [0.25, 0.3) is 0 Å². The van der Waals surface area contributed by atoms with Crippen LogP contribution in [0.2, 0.25) is 0 Å². The van der Waals surface area contributed by atoms with Crippen molar-refractivity contribution >= 4 is 17.2 Å². The van der Waals surface area contributed by atoms with Crippen molar-refractivity contribution in [3.05, 3.63) is 63.6 Å². The lowest BCUT2D eigenvalue weighted by molar-refractivity contribution is 0.0944. The van der Waals surface area contributed by atoms with Crippen LogP contribution in [0.15, 0.2) is 41.8 Å². The third kappa shape index (κ3) is 8.34. The molecule has 1 N–H and O–H groups in total. The molecule has 9 nitrogen and oxygen atoms in total. The highest BCUT2D eigenvalue weighted by atomic mass is 32.1. The van der Waals surface area contributed by atoms with Gasteiger partial charge in [0.1, 0.15) is 22.2 Å². The molecule has 206 valence electrons. The van der Waals surface area contributed by atoms with Gasteiger partial charge in [0, 0.05) is 50.4 Å². The summed E-state index contributed by atoms with van der Waals surface area (Å²) in [6, 6.07) is 11.8. The van der Waals surface area contributed by atoms with E-state index in [0.717, 1.165) is 47.0 Å². The van der Waals surface area contributed by atoms with Crippen molar-refractivity contribution in [3.63, 3.8) is 0 Å². The molecular weight excluding hydrogens is 506 g/mol. The van der Waals surface area contributed by atoms with Crippen LogP contribution in [-0.2, 0) is 24.2 Å². The summed E-state index contributed by atoms with van der Waals surface area (Å²) in [4.78, 5) is 19.4. The number of benzene rings is 2. The van der Waals surface area contributed by atoms with Crippen LogP contribution in [0.4, 0.5) is 0 Å². The molecule has 0 radical (unpaired) electrons. The number of rotatable bonds is 16. The van der Waals surface area contributed by atoms with Crippen LogP contribution in [0.5, 0.6) is 23.0 Å². The second-order valence-electron chi connectivity index (χ2n) is 8.56. The van der Waals surface area contributed by atoms with Gasteiger partial charge >= 0.3 is 0 Å². The topological polar surface area (TPSA) is 91.4 Å². The summed E-state index contributed by atoms with van der Waals surface area (Å²) in [7, 11) is 8.20. The molecule has 3 rings (SSSR count). The monoisotopic (exact) mass is 543 g/mol. The number of ether oxygens (including phenoxy) is 5. The first-order chi connectivity index (χ1) is 18.5. The molecular formula is C28H37N3O6S. The molecule has 0 saturated carbocycles. The summed E-state index contributed by atoms with van der Waals surface area (Å²) in [5, 5.41) is 5.57. The zero-order valence-electron chi connectivity index (χ0n) is 22.7. The van der Waals surface area contributed by atoms with Crippen molar-refractivity contribution in [1.29, 1.82) is 0 Å². The van der Waals surface area contributed by atoms with Gasteiger partial charge in [-0.15, -0.1) is 11.3 Å². The van der Waals surface area contributed by atoms with Gasteiger partial charge in [-0.1, -0.05) is 12.1 Å². The Hall–Kier alpha value is -3.34. The second kappa shape index (κ2) is 15.2. The molecule has 1 amide bonds. The molecule has 1 aromatic heterocycles. The maximum atomic E-state index is 12.5. The fraction of sp³-hybridized carbons (Fsp3) is 0.429. The van der Waals surface area contributed by atoms with E-state index in [-0.39, 0.29) is 5.91 Å². The summed E-state index contributed by atoms with van der Waals surface area (Å²) < 4.78 is 26.9. The highest BCUT2D eigenvalue weighted by Crippen LogP contribution is 2.29. The largest absolute Gasteiger partial charge is 0.497 e. The van der Waals surface area contributed by atoms with Crippen LogP contribution in [0.3, 0.4) is 0 Å². The summed E-state index contributed by atoms with van der Waals surface area (Å²) >= 11 is 1.48. The Labute approximate surface area is 228 Å². The molecule has 2 aromatic carbocycles. The van der Waals surface area contributed by atoms with Crippen LogP contribution < -0.4 is 24.3 Å². The third-order valence-electron chi connectivity index (χ3n) is 6.01. The van der Waals surface area contributed by atoms with E-state index < -0.39 is 0 Å². The van der Waals surface area contributed by atoms with E-state index in [9.17, 15) is 4.79 Å². The predicted molar refractivity (Wildman–Crippen MR) is 148 cm³/mol. The van der Waals surface area contributed by atoms with Crippen molar-refractivity contribution < 1.29 is 28.5 Å². The van der Waals surface area contributed by atoms with Crippen molar-refractivity contribution in [1.82, 2.24) is 15.2 Å². The van der Waals surface area contributed by atoms with Gasteiger partial charge in [-0.3, -0.25) is 9.69 Å². The number of carbonyl (C=O) groups is 1. The fourth-order valence-electron chi connectivity index (χ4n) is 3.95. The fourth-order valence-corrected chi connectivity index (χ4v) is 4.76. The highest BCUT2D eigenvalue weighted by Gasteiger charge is 2.16. The number of hydrogen-bond acceptors (Lipinski definition) is 9. The normalized spacial score (nSPS) is 10.9. The van der Waals surface area contributed by atoms with Gasteiger partial charge < -0.3 is 29.0 Å². The number of carbonyl (C=O) groups excluding carboxylic acids is 1. The van der Waals surface area contributed by atoms with Crippen LogP contribution in [0.1, 0.15) is 33.0 Å². The van der Waals surface area contributed by atoms with E-state index in [0.29, 0.717) is 43.4 Å². The average molecular weight is 544 g/mol. The molecule has 0 aliphatic carbocycles. The zero-order chi connectivity index (χ0) is 27.3. The van der Waals surface area contributed by atoms with Crippen molar-refractivity contribution in [2.75, 3.05) is 55.2 Å². The Bertz CT molecular complexity index is 1170. The molecule has 38 heavy (non-hydrogen) atoms. The van der Waals surface area contributed by atoms with Gasteiger partial charge in [0.2, 0.25) is 0 Å². The predicted octanol–water partition coefficient (Wildman–Crippen LogP) is 4.19. The maximum absolute atomic E-state index is 12.5. The lowest BCUT2D eigenvalue weighted by Crippen LogP contribution is -2.27. The Kier molecular flexibility index (Phi) is 11.7. The van der Waals surface area contributed by atoms with Gasteiger partial charge in [-0.2, -0.15) is 0 Å². The Morgan fingerprint density at radius 3 is 2.42 bits per heavy atom. The molecule has 3 aromatic rings. The Morgan fingerprint density at radius 2 is 1.71 bits per heavy atom. The van der Waals surface area contributed by atoms with E-state index in [2.05, 4.69) is 15.2 Å². The molecule has 0 saturated heterocycles. The standard InChI is InChI=1S/C28H37N3O6S/c1-33-14-6-12-29-28(32)23-19-38-27(30-23)18-31(17-21-8-9-22(34-2)16-25(21)36-4)13-11-20-7-10-24(35-3)26(15-20)37-5/h7-10,15-16,19H,6,11-14,17-18H2,1-5H3,(H,29,32). The smallest absolute Gasteiger partial charge is 0.270 e. The summed E-state index contributed by atoms with van der Waals surface area (Å²) in [6.45, 7) is 3.13. The van der Waals surface area contributed by atoms with Crippen molar-refractivity contribution in [3.8, 4) is 23.0 Å². The number of thiazole rings is 1. The number of nitrogens with zero attached hydrogens (tertiary/aromatic N) is 2. The van der Waals surface area contributed by atoms with E-state index in [1.807, 2.05) is 41.8 Å². The van der Waals surface area contributed by atoms with E-state index in [4.69, 9.17) is 23.7 Å². The molecule has 10 heteroatoms. The zero-order valence-corrected chi connectivity index (χ0v) is 23.6. The maximum Gasteiger partial charge on any atom is 0.270 e.